The van der Waals surface area contributed by atoms with E-state index < -0.39 is 5.97 Å². The maximum Gasteiger partial charge on any atom is 0.309 e. The third-order valence-corrected chi connectivity index (χ3v) is 2.38. The lowest BCUT2D eigenvalue weighted by Gasteiger charge is -2.01. The Kier molecular flexibility index (Phi) is 2.41. The van der Waals surface area contributed by atoms with Crippen molar-refractivity contribution in [1.82, 2.24) is 9.38 Å². The van der Waals surface area contributed by atoms with Crippen molar-refractivity contribution in [2.24, 2.45) is 0 Å². The van der Waals surface area contributed by atoms with Crippen molar-refractivity contribution in [3.05, 3.63) is 35.8 Å². The Hall–Kier alpha value is -1.84. The van der Waals surface area contributed by atoms with E-state index in [2.05, 4.69) is 11.9 Å². The zero-order chi connectivity index (χ0) is 10.8. The summed E-state index contributed by atoms with van der Waals surface area (Å²) in [6.07, 6.45) is 4.50. The molecule has 0 aromatic carbocycles. The van der Waals surface area contributed by atoms with Crippen LogP contribution in [0.3, 0.4) is 0 Å². The van der Waals surface area contributed by atoms with Crippen LogP contribution < -0.4 is 0 Å². The average Bonchev–Trinajstić information content (AvgIpc) is 2.60. The van der Waals surface area contributed by atoms with Crippen LogP contribution >= 0.6 is 0 Å². The summed E-state index contributed by atoms with van der Waals surface area (Å²) in [6, 6.07) is 3.91. The van der Waals surface area contributed by atoms with Gasteiger partial charge in [0.1, 0.15) is 5.65 Å². The van der Waals surface area contributed by atoms with Gasteiger partial charge in [-0.1, -0.05) is 13.0 Å². The molecule has 78 valence electrons. The number of hydrogen-bond acceptors (Lipinski definition) is 2. The standard InChI is InChI=1S/C11H12N2O2/c1-2-8-3-4-10-12-6-9(5-11(14)15)13(10)7-8/h3-4,6-7H,2,5H2,1H3,(H,14,15). The lowest BCUT2D eigenvalue weighted by molar-refractivity contribution is -0.136. The summed E-state index contributed by atoms with van der Waals surface area (Å²) in [5, 5.41) is 8.73. The molecule has 15 heavy (non-hydrogen) atoms. The van der Waals surface area contributed by atoms with Crippen molar-refractivity contribution in [3.63, 3.8) is 0 Å². The van der Waals surface area contributed by atoms with Crippen molar-refractivity contribution in [3.8, 4) is 0 Å². The van der Waals surface area contributed by atoms with Gasteiger partial charge in [0.15, 0.2) is 0 Å². The molecule has 4 heteroatoms. The minimum absolute atomic E-state index is 0.00827. The lowest BCUT2D eigenvalue weighted by Crippen LogP contribution is -2.03. The van der Waals surface area contributed by atoms with Gasteiger partial charge in [-0.25, -0.2) is 4.98 Å². The maximum absolute atomic E-state index is 10.6. The van der Waals surface area contributed by atoms with Gasteiger partial charge in [-0.2, -0.15) is 0 Å². The number of carbonyl (C=O) groups is 1. The van der Waals surface area contributed by atoms with Crippen molar-refractivity contribution >= 4 is 11.6 Å². The second-order valence-electron chi connectivity index (χ2n) is 3.44. The van der Waals surface area contributed by atoms with Gasteiger partial charge in [-0.15, -0.1) is 0 Å². The first-order valence-electron chi connectivity index (χ1n) is 4.87. The second-order valence-corrected chi connectivity index (χ2v) is 3.44. The van der Waals surface area contributed by atoms with Crippen LogP contribution in [-0.2, 0) is 17.6 Å². The molecule has 0 atom stereocenters. The first kappa shape index (κ1) is 9.71. The van der Waals surface area contributed by atoms with E-state index >= 15 is 0 Å². The first-order valence-corrected chi connectivity index (χ1v) is 4.87. The molecule has 0 aliphatic rings. The monoisotopic (exact) mass is 204 g/mol. The predicted molar refractivity (Wildman–Crippen MR) is 55.9 cm³/mol. The average molecular weight is 204 g/mol. The third-order valence-electron chi connectivity index (χ3n) is 2.38. The smallest absolute Gasteiger partial charge is 0.309 e. The Morgan fingerprint density at radius 3 is 3.00 bits per heavy atom. The maximum atomic E-state index is 10.6. The molecule has 1 N–H and O–H groups in total. The van der Waals surface area contributed by atoms with E-state index in [-0.39, 0.29) is 6.42 Å². The summed E-state index contributed by atoms with van der Waals surface area (Å²) in [4.78, 5) is 14.8. The Morgan fingerprint density at radius 1 is 1.53 bits per heavy atom. The molecule has 0 spiro atoms. The quantitative estimate of drug-likeness (QED) is 0.824. The van der Waals surface area contributed by atoms with Gasteiger partial charge in [0.05, 0.1) is 12.1 Å². The van der Waals surface area contributed by atoms with Crippen LogP contribution in [0.4, 0.5) is 0 Å². The molecule has 0 saturated carbocycles. The van der Waals surface area contributed by atoms with Gasteiger partial charge in [0, 0.05) is 12.4 Å². The van der Waals surface area contributed by atoms with E-state index in [0.29, 0.717) is 5.69 Å². The fraction of sp³-hybridized carbons (Fsp3) is 0.273. The number of aliphatic carboxylic acids is 1. The van der Waals surface area contributed by atoms with Gasteiger partial charge in [0.2, 0.25) is 0 Å². The molecule has 2 aromatic heterocycles. The number of rotatable bonds is 3. The number of aromatic nitrogens is 2. The molecular formula is C11H12N2O2. The number of imidazole rings is 1. The fourth-order valence-electron chi connectivity index (χ4n) is 1.57. The molecule has 0 aliphatic heterocycles. The molecule has 0 amide bonds. The van der Waals surface area contributed by atoms with Crippen molar-refractivity contribution in [2.75, 3.05) is 0 Å². The van der Waals surface area contributed by atoms with Crippen LogP contribution in [0.15, 0.2) is 24.5 Å². The Labute approximate surface area is 87.2 Å². The van der Waals surface area contributed by atoms with Gasteiger partial charge in [-0.05, 0) is 18.1 Å². The van der Waals surface area contributed by atoms with Gasteiger partial charge in [-0.3, -0.25) is 4.79 Å². The van der Waals surface area contributed by atoms with Crippen LogP contribution in [0, 0.1) is 0 Å². The Morgan fingerprint density at radius 2 is 2.33 bits per heavy atom. The number of carboxylic acids is 1. The highest BCUT2D eigenvalue weighted by Crippen LogP contribution is 2.10. The predicted octanol–water partition coefficient (Wildman–Crippen LogP) is 1.52. The summed E-state index contributed by atoms with van der Waals surface area (Å²) in [7, 11) is 0. The minimum Gasteiger partial charge on any atom is -0.481 e. The molecule has 4 nitrogen and oxygen atoms in total. The molecule has 2 rings (SSSR count). The molecule has 0 unspecified atom stereocenters. The Bertz CT molecular complexity index is 502. The van der Waals surface area contributed by atoms with E-state index in [1.54, 1.807) is 6.20 Å². The van der Waals surface area contributed by atoms with Crippen molar-refractivity contribution in [2.45, 2.75) is 19.8 Å². The summed E-state index contributed by atoms with van der Waals surface area (Å²) in [5.74, 6) is -0.835. The number of nitrogens with zero attached hydrogens (tertiary/aromatic N) is 2. The number of carboxylic acid groups (broad SMARTS) is 1. The molecule has 0 aliphatic carbocycles. The molecule has 0 radical (unpaired) electrons. The van der Waals surface area contributed by atoms with Crippen LogP contribution in [-0.4, -0.2) is 20.5 Å². The molecule has 2 aromatic rings. The lowest BCUT2D eigenvalue weighted by atomic mass is 10.2. The van der Waals surface area contributed by atoms with Crippen LogP contribution in [0.25, 0.3) is 5.65 Å². The van der Waals surface area contributed by atoms with Crippen molar-refractivity contribution in [1.29, 1.82) is 0 Å². The number of aryl methyl sites for hydroxylation is 1. The molecule has 0 saturated heterocycles. The van der Waals surface area contributed by atoms with E-state index in [1.807, 2.05) is 22.7 Å². The van der Waals surface area contributed by atoms with Crippen LogP contribution in [0.1, 0.15) is 18.2 Å². The largest absolute Gasteiger partial charge is 0.481 e. The third kappa shape index (κ3) is 1.83. The van der Waals surface area contributed by atoms with Gasteiger partial charge >= 0.3 is 5.97 Å². The van der Waals surface area contributed by atoms with Gasteiger partial charge in [0.25, 0.3) is 0 Å². The van der Waals surface area contributed by atoms with E-state index in [1.165, 1.54) is 5.56 Å². The van der Waals surface area contributed by atoms with Crippen molar-refractivity contribution < 1.29 is 9.90 Å². The van der Waals surface area contributed by atoms with Gasteiger partial charge < -0.3 is 9.51 Å². The minimum atomic E-state index is -0.835. The first-order chi connectivity index (χ1) is 7.20. The highest BCUT2D eigenvalue weighted by Gasteiger charge is 2.07. The summed E-state index contributed by atoms with van der Waals surface area (Å²) >= 11 is 0. The topological polar surface area (TPSA) is 54.6 Å². The van der Waals surface area contributed by atoms with Crippen LogP contribution in [0.5, 0.6) is 0 Å². The summed E-state index contributed by atoms with van der Waals surface area (Å²) in [6.45, 7) is 2.06. The normalized spacial score (nSPS) is 10.7. The zero-order valence-corrected chi connectivity index (χ0v) is 8.47. The van der Waals surface area contributed by atoms with E-state index in [4.69, 9.17) is 5.11 Å². The molecule has 0 fully saturated rings. The van der Waals surface area contributed by atoms with Crippen LogP contribution in [0.2, 0.25) is 0 Å². The van der Waals surface area contributed by atoms with E-state index in [0.717, 1.165) is 12.1 Å². The summed E-state index contributed by atoms with van der Waals surface area (Å²) in [5.41, 5.74) is 2.68. The Balaban J connectivity index is 2.51. The molecule has 0 bridgehead atoms. The number of fused-ring (bicyclic) bond motifs is 1. The SMILES string of the molecule is CCc1ccc2ncc(CC(=O)O)n2c1. The van der Waals surface area contributed by atoms with E-state index in [9.17, 15) is 4.79 Å². The second kappa shape index (κ2) is 3.73. The fourth-order valence-corrected chi connectivity index (χ4v) is 1.57. The molecular weight excluding hydrogens is 192 g/mol. The highest BCUT2D eigenvalue weighted by atomic mass is 16.4. The highest BCUT2D eigenvalue weighted by molar-refractivity contribution is 5.70. The summed E-state index contributed by atoms with van der Waals surface area (Å²) < 4.78 is 1.84. The zero-order valence-electron chi connectivity index (χ0n) is 8.47. The number of hydrogen-bond donors (Lipinski definition) is 1. The number of pyridine rings is 1. The molecule has 2 heterocycles.